The molecule has 2 heterocycles. The van der Waals surface area contributed by atoms with Gasteiger partial charge in [-0.2, -0.15) is 0 Å². The van der Waals surface area contributed by atoms with Gasteiger partial charge in [0.1, 0.15) is 17.7 Å². The Morgan fingerprint density at radius 1 is 0.674 bits per heavy atom. The van der Waals surface area contributed by atoms with E-state index in [2.05, 4.69) is 4.90 Å². The van der Waals surface area contributed by atoms with Crippen molar-refractivity contribution < 1.29 is 27.7 Å². The lowest BCUT2D eigenvalue weighted by molar-refractivity contribution is -0.184. The summed E-state index contributed by atoms with van der Waals surface area (Å²) in [4.78, 5) is 2.18. The molecule has 0 spiro atoms. The van der Waals surface area contributed by atoms with Gasteiger partial charge in [-0.3, -0.25) is 4.90 Å². The lowest BCUT2D eigenvalue weighted by atomic mass is 9.97. The molecule has 2 atom stereocenters. The molecular weight excluding hydrogens is 584 g/mol. The van der Waals surface area contributed by atoms with Crippen molar-refractivity contribution in [3.8, 4) is 0 Å². The zero-order valence-corrected chi connectivity index (χ0v) is 26.0. The Labute approximate surface area is 270 Å². The van der Waals surface area contributed by atoms with E-state index in [0.29, 0.717) is 64.7 Å². The average molecular weight is 626 g/mol. The van der Waals surface area contributed by atoms with Gasteiger partial charge in [0, 0.05) is 25.2 Å². The Bertz CT molecular complexity index is 1470. The summed E-state index contributed by atoms with van der Waals surface area (Å²) in [7, 11) is 0. The Hall–Kier alpha value is -3.72. The largest absolute Gasteiger partial charge is 0.377 e. The van der Waals surface area contributed by atoms with E-state index in [9.17, 15) is 0 Å². The highest BCUT2D eigenvalue weighted by Gasteiger charge is 2.39. The number of rotatable bonds is 13. The van der Waals surface area contributed by atoms with E-state index in [0.717, 1.165) is 22.3 Å². The minimum absolute atomic E-state index is 0.0994. The SMILES string of the molecule is Fc1cc(C2=CCOCC2)cc(F)c1CCN1CC(OCc2ccccc2)C(OCc2ccccc2)C(OCc2ccccc2)C1. The van der Waals surface area contributed by atoms with Crippen molar-refractivity contribution in [2.45, 2.75) is 51.0 Å². The fourth-order valence-electron chi connectivity index (χ4n) is 6.13. The minimum atomic E-state index is -0.516. The van der Waals surface area contributed by atoms with Crippen LogP contribution in [0.2, 0.25) is 0 Å². The molecule has 2 aliphatic heterocycles. The second-order valence-corrected chi connectivity index (χ2v) is 11.9. The van der Waals surface area contributed by atoms with Crippen molar-refractivity contribution in [1.82, 2.24) is 4.90 Å². The molecule has 2 unspecified atom stereocenters. The molecule has 240 valence electrons. The van der Waals surface area contributed by atoms with Gasteiger partial charge < -0.3 is 18.9 Å². The molecule has 4 aromatic rings. The molecule has 0 bridgehead atoms. The molecule has 7 heteroatoms. The van der Waals surface area contributed by atoms with Gasteiger partial charge in [0.25, 0.3) is 0 Å². The van der Waals surface area contributed by atoms with Crippen molar-refractivity contribution in [3.05, 3.63) is 149 Å². The number of ether oxygens (including phenoxy) is 4. The van der Waals surface area contributed by atoms with Gasteiger partial charge in [-0.1, -0.05) is 97.1 Å². The second kappa shape index (κ2) is 16.2. The molecule has 0 N–H and O–H groups in total. The molecular formula is C39H41F2NO4. The Morgan fingerprint density at radius 2 is 1.17 bits per heavy atom. The fourth-order valence-corrected chi connectivity index (χ4v) is 6.13. The Kier molecular flexibility index (Phi) is 11.4. The fraction of sp³-hybridized carbons (Fsp3) is 0.333. The number of piperidine rings is 1. The number of hydrogen-bond acceptors (Lipinski definition) is 5. The molecule has 4 aromatic carbocycles. The standard InChI is InChI=1S/C39H41F2NO4/c40-35-22-33(32-17-20-43-21-18-32)23-36(41)34(35)16-19-42-24-37(44-26-29-10-4-1-5-11-29)39(46-28-31-14-8-3-9-15-31)38(25-42)45-27-30-12-6-2-7-13-30/h1-15,17,22-23,37-39H,16,18-21,24-28H2. The number of likely N-dealkylation sites (tertiary alicyclic amines) is 1. The maximum atomic E-state index is 15.3. The van der Waals surface area contributed by atoms with Crippen LogP contribution in [0.3, 0.4) is 0 Å². The second-order valence-electron chi connectivity index (χ2n) is 11.9. The van der Waals surface area contributed by atoms with Crippen molar-refractivity contribution >= 4 is 5.57 Å². The molecule has 1 fully saturated rings. The highest BCUT2D eigenvalue weighted by molar-refractivity contribution is 5.66. The van der Waals surface area contributed by atoms with Crippen molar-refractivity contribution in [3.63, 3.8) is 0 Å². The molecule has 0 saturated carbocycles. The van der Waals surface area contributed by atoms with Crippen LogP contribution < -0.4 is 0 Å². The number of hydrogen-bond donors (Lipinski definition) is 0. The van der Waals surface area contributed by atoms with Crippen LogP contribution >= 0.6 is 0 Å². The average Bonchev–Trinajstić information content (AvgIpc) is 3.10. The minimum Gasteiger partial charge on any atom is -0.377 e. The summed E-state index contributed by atoms with van der Waals surface area (Å²) in [6, 6.07) is 33.1. The first-order chi connectivity index (χ1) is 22.6. The van der Waals surface area contributed by atoms with Crippen LogP contribution in [0.1, 0.15) is 34.2 Å². The van der Waals surface area contributed by atoms with E-state index in [1.807, 2.05) is 97.1 Å². The van der Waals surface area contributed by atoms with Crippen LogP contribution in [0.15, 0.2) is 109 Å². The maximum absolute atomic E-state index is 15.3. The van der Waals surface area contributed by atoms with E-state index in [1.54, 1.807) is 0 Å². The van der Waals surface area contributed by atoms with Gasteiger partial charge in [-0.15, -0.1) is 0 Å². The van der Waals surface area contributed by atoms with Crippen molar-refractivity contribution in [2.24, 2.45) is 0 Å². The van der Waals surface area contributed by atoms with Gasteiger partial charge >= 0.3 is 0 Å². The summed E-state index contributed by atoms with van der Waals surface area (Å²) in [5, 5.41) is 0. The Balaban J connectivity index is 1.20. The van der Waals surface area contributed by atoms with Gasteiger partial charge in [0.05, 0.1) is 45.2 Å². The topological polar surface area (TPSA) is 40.2 Å². The molecule has 0 amide bonds. The Morgan fingerprint density at radius 3 is 1.65 bits per heavy atom. The van der Waals surface area contributed by atoms with E-state index < -0.39 is 11.6 Å². The highest BCUT2D eigenvalue weighted by atomic mass is 19.1. The quantitative estimate of drug-likeness (QED) is 0.155. The van der Waals surface area contributed by atoms with E-state index in [-0.39, 0.29) is 30.3 Å². The van der Waals surface area contributed by atoms with Gasteiger partial charge in [-0.05, 0) is 52.8 Å². The molecule has 5 nitrogen and oxygen atoms in total. The number of halogens is 2. The molecule has 0 aliphatic carbocycles. The third kappa shape index (κ3) is 8.75. The van der Waals surface area contributed by atoms with Crippen LogP contribution in [0.5, 0.6) is 0 Å². The first-order valence-corrected chi connectivity index (χ1v) is 16.1. The maximum Gasteiger partial charge on any atom is 0.129 e. The van der Waals surface area contributed by atoms with Crippen molar-refractivity contribution in [2.75, 3.05) is 32.8 Å². The van der Waals surface area contributed by atoms with Crippen LogP contribution in [0, 0.1) is 11.6 Å². The zero-order valence-electron chi connectivity index (χ0n) is 26.0. The normalized spacial score (nSPS) is 20.4. The molecule has 6 rings (SSSR count). The first-order valence-electron chi connectivity index (χ1n) is 16.1. The summed E-state index contributed by atoms with van der Waals surface area (Å²) >= 11 is 0. The smallest absolute Gasteiger partial charge is 0.129 e. The van der Waals surface area contributed by atoms with E-state index >= 15 is 8.78 Å². The predicted octanol–water partition coefficient (Wildman–Crippen LogP) is 7.38. The molecule has 2 aliphatic rings. The monoisotopic (exact) mass is 625 g/mol. The summed E-state index contributed by atoms with van der Waals surface area (Å²) < 4.78 is 55.7. The third-order valence-electron chi connectivity index (χ3n) is 8.66. The lowest BCUT2D eigenvalue weighted by Gasteiger charge is -2.43. The third-order valence-corrected chi connectivity index (χ3v) is 8.66. The molecule has 0 aromatic heterocycles. The zero-order chi connectivity index (χ0) is 31.6. The molecule has 1 saturated heterocycles. The first kappa shape index (κ1) is 32.2. The van der Waals surface area contributed by atoms with Crippen LogP contribution in [0.4, 0.5) is 8.78 Å². The van der Waals surface area contributed by atoms with Crippen LogP contribution in [-0.4, -0.2) is 56.1 Å². The van der Waals surface area contributed by atoms with E-state index in [4.69, 9.17) is 18.9 Å². The predicted molar refractivity (Wildman–Crippen MR) is 175 cm³/mol. The summed E-state index contributed by atoms with van der Waals surface area (Å²) in [6.45, 7) is 3.83. The van der Waals surface area contributed by atoms with Gasteiger partial charge in [-0.25, -0.2) is 8.78 Å². The molecule has 46 heavy (non-hydrogen) atoms. The number of benzene rings is 4. The van der Waals surface area contributed by atoms with Gasteiger partial charge in [0.15, 0.2) is 0 Å². The molecule has 0 radical (unpaired) electrons. The van der Waals surface area contributed by atoms with Crippen LogP contribution in [0.25, 0.3) is 5.57 Å². The van der Waals surface area contributed by atoms with Gasteiger partial charge in [0.2, 0.25) is 0 Å². The van der Waals surface area contributed by atoms with E-state index in [1.165, 1.54) is 12.1 Å². The summed E-state index contributed by atoms with van der Waals surface area (Å²) in [5.74, 6) is -1.03. The lowest BCUT2D eigenvalue weighted by Crippen LogP contribution is -2.58. The van der Waals surface area contributed by atoms with Crippen molar-refractivity contribution in [1.29, 1.82) is 0 Å². The highest BCUT2D eigenvalue weighted by Crippen LogP contribution is 2.28. The summed E-state index contributed by atoms with van der Waals surface area (Å²) in [6.07, 6.45) is 1.78. The summed E-state index contributed by atoms with van der Waals surface area (Å²) in [5.41, 5.74) is 4.80. The van der Waals surface area contributed by atoms with Crippen LogP contribution in [-0.2, 0) is 45.2 Å². The number of nitrogens with zero attached hydrogens (tertiary/aromatic N) is 1.